The molecule has 0 bridgehead atoms. The van der Waals surface area contributed by atoms with Crippen molar-refractivity contribution in [1.29, 1.82) is 0 Å². The number of rotatable bonds is 4. The van der Waals surface area contributed by atoms with Gasteiger partial charge in [0.25, 0.3) is 0 Å². The van der Waals surface area contributed by atoms with Crippen molar-refractivity contribution in [2.24, 2.45) is 11.8 Å². The number of allylic oxidation sites excluding steroid dienone is 4. The minimum Gasteiger partial charge on any atom is -0.327 e. The van der Waals surface area contributed by atoms with Crippen LogP contribution in [0.2, 0.25) is 0 Å². The maximum atomic E-state index is 2.72. The zero-order chi connectivity index (χ0) is 42.2. The quantitative estimate of drug-likeness (QED) is 0.163. The summed E-state index contributed by atoms with van der Waals surface area (Å²) in [5.41, 5.74) is 20.2. The zero-order valence-electron chi connectivity index (χ0n) is 36.2. The number of hydrogen-bond acceptors (Lipinski definition) is 2. The normalized spacial score (nSPS) is 24.5. The molecule has 0 amide bonds. The predicted molar refractivity (Wildman–Crippen MR) is 263 cm³/mol. The third-order valence-corrected chi connectivity index (χ3v) is 15.6. The highest BCUT2D eigenvalue weighted by atomic mass is 15.2. The Balaban J connectivity index is 1.21. The molecule has 1 spiro atoms. The maximum Gasteiger partial charge on any atom is 0.0908 e. The lowest BCUT2D eigenvalue weighted by Crippen LogP contribution is -2.58. The Labute approximate surface area is 370 Å². The second-order valence-electron chi connectivity index (χ2n) is 18.7. The summed E-state index contributed by atoms with van der Waals surface area (Å²) in [6.07, 6.45) is 5.07. The third-order valence-electron chi connectivity index (χ3n) is 15.6. The molecule has 0 saturated heterocycles. The average molecular weight is 809 g/mol. The van der Waals surface area contributed by atoms with Crippen LogP contribution in [0.25, 0.3) is 27.5 Å². The second-order valence-corrected chi connectivity index (χ2v) is 18.7. The molecule has 2 nitrogen and oxygen atoms in total. The fourth-order valence-electron chi connectivity index (χ4n) is 13.5. The lowest BCUT2D eigenvalue weighted by atomic mass is 9.51. The van der Waals surface area contributed by atoms with Crippen molar-refractivity contribution in [3.63, 3.8) is 0 Å². The molecule has 1 heterocycles. The standard InChI is InChI=1S/C61H48N2/c1-39-36-37-59(3)50-34-20-21-35-52(50)63(43-26-12-7-13-27-43)60(4)57-47-31-17-19-33-49(47)61(56(57)40(2)54(39)58(59)60)48-32-18-16-30-46(48)55-45-29-15-14-28-44(45)53(38-51(55)61)62(41-22-8-5-9-23-41)42-24-10-6-11-25-42/h5-40H,1-4H3. The Morgan fingerprint density at radius 1 is 0.524 bits per heavy atom. The first-order valence-electron chi connectivity index (χ1n) is 22.7. The number of benzene rings is 8. The van der Waals surface area contributed by atoms with Gasteiger partial charge in [-0.05, 0) is 129 Å². The van der Waals surface area contributed by atoms with E-state index in [0.29, 0.717) is 0 Å². The minimum atomic E-state index is -0.562. The topological polar surface area (TPSA) is 6.48 Å². The van der Waals surface area contributed by atoms with Crippen LogP contribution in [0.15, 0.2) is 223 Å². The van der Waals surface area contributed by atoms with E-state index in [9.17, 15) is 0 Å². The van der Waals surface area contributed by atoms with Gasteiger partial charge in [0.15, 0.2) is 0 Å². The molecular weight excluding hydrogens is 761 g/mol. The van der Waals surface area contributed by atoms with Crippen molar-refractivity contribution in [2.45, 2.75) is 44.1 Å². The summed E-state index contributed by atoms with van der Waals surface area (Å²) in [7, 11) is 0. The zero-order valence-corrected chi connectivity index (χ0v) is 36.2. The Kier molecular flexibility index (Phi) is 7.49. The van der Waals surface area contributed by atoms with Crippen LogP contribution < -0.4 is 9.80 Å². The first kappa shape index (κ1) is 36.5. The fraction of sp³-hybridized carbons (Fsp3) is 0.148. The molecule has 13 rings (SSSR count). The number of anilines is 5. The Morgan fingerprint density at radius 2 is 1.06 bits per heavy atom. The summed E-state index contributed by atoms with van der Waals surface area (Å²) in [6.45, 7) is 10.1. The molecule has 8 aromatic rings. The number of para-hydroxylation sites is 4. The fourth-order valence-corrected chi connectivity index (χ4v) is 13.5. The van der Waals surface area contributed by atoms with E-state index in [1.165, 1.54) is 83.5 Å². The van der Waals surface area contributed by atoms with Crippen molar-refractivity contribution < 1.29 is 0 Å². The Bertz CT molecular complexity index is 3260. The van der Waals surface area contributed by atoms with E-state index in [0.717, 1.165) is 11.4 Å². The van der Waals surface area contributed by atoms with E-state index < -0.39 is 11.0 Å². The molecule has 0 N–H and O–H groups in total. The van der Waals surface area contributed by atoms with Gasteiger partial charge < -0.3 is 9.80 Å². The summed E-state index contributed by atoms with van der Waals surface area (Å²) in [5, 5.41) is 2.53. The first-order valence-corrected chi connectivity index (χ1v) is 22.7. The van der Waals surface area contributed by atoms with Gasteiger partial charge in [-0.3, -0.25) is 0 Å². The van der Waals surface area contributed by atoms with Crippen LogP contribution in [0.4, 0.5) is 28.4 Å². The van der Waals surface area contributed by atoms with Gasteiger partial charge in [0, 0.05) is 39.5 Å². The van der Waals surface area contributed by atoms with Crippen LogP contribution in [0.3, 0.4) is 0 Å². The molecule has 0 radical (unpaired) electrons. The van der Waals surface area contributed by atoms with Gasteiger partial charge >= 0.3 is 0 Å². The van der Waals surface area contributed by atoms with E-state index in [4.69, 9.17) is 0 Å². The highest BCUT2D eigenvalue weighted by Crippen LogP contribution is 2.73. The summed E-state index contributed by atoms with van der Waals surface area (Å²) in [6, 6.07) is 72.9. The van der Waals surface area contributed by atoms with Crippen molar-refractivity contribution in [3.8, 4) is 11.1 Å². The van der Waals surface area contributed by atoms with Gasteiger partial charge in [-0.1, -0.05) is 177 Å². The van der Waals surface area contributed by atoms with Crippen molar-refractivity contribution in [3.05, 3.63) is 251 Å². The molecule has 302 valence electrons. The van der Waals surface area contributed by atoms with Gasteiger partial charge in [0.1, 0.15) is 0 Å². The molecule has 5 unspecified atom stereocenters. The smallest absolute Gasteiger partial charge is 0.0908 e. The van der Waals surface area contributed by atoms with Crippen LogP contribution in [-0.4, -0.2) is 5.54 Å². The third kappa shape index (κ3) is 4.48. The molecule has 0 aromatic heterocycles. The minimum absolute atomic E-state index is 0.144. The molecule has 5 atom stereocenters. The second kappa shape index (κ2) is 12.9. The van der Waals surface area contributed by atoms with Gasteiger partial charge in [-0.2, -0.15) is 0 Å². The highest BCUT2D eigenvalue weighted by molar-refractivity contribution is 6.13. The molecular formula is C61H48N2. The molecule has 8 aromatic carbocycles. The van der Waals surface area contributed by atoms with Gasteiger partial charge in [-0.25, -0.2) is 0 Å². The highest BCUT2D eigenvalue weighted by Gasteiger charge is 2.65. The van der Waals surface area contributed by atoms with Crippen molar-refractivity contribution >= 4 is 44.8 Å². The largest absolute Gasteiger partial charge is 0.327 e. The van der Waals surface area contributed by atoms with Crippen molar-refractivity contribution in [2.75, 3.05) is 9.80 Å². The molecule has 5 aliphatic rings. The van der Waals surface area contributed by atoms with Crippen LogP contribution >= 0.6 is 0 Å². The van der Waals surface area contributed by atoms with Gasteiger partial charge in [0.05, 0.1) is 16.6 Å². The first-order chi connectivity index (χ1) is 30.9. The Morgan fingerprint density at radius 3 is 1.75 bits per heavy atom. The summed E-state index contributed by atoms with van der Waals surface area (Å²) < 4.78 is 0. The summed E-state index contributed by atoms with van der Waals surface area (Å²) >= 11 is 0. The molecule has 2 heteroatoms. The van der Waals surface area contributed by atoms with E-state index in [-0.39, 0.29) is 17.3 Å². The van der Waals surface area contributed by atoms with E-state index in [2.05, 4.69) is 244 Å². The molecule has 4 aliphatic carbocycles. The van der Waals surface area contributed by atoms with E-state index in [1.54, 1.807) is 5.57 Å². The molecule has 1 aliphatic heterocycles. The lowest BCUT2D eigenvalue weighted by Gasteiger charge is -2.61. The van der Waals surface area contributed by atoms with E-state index >= 15 is 0 Å². The number of hydrogen-bond donors (Lipinski definition) is 0. The maximum absolute atomic E-state index is 2.72. The monoisotopic (exact) mass is 808 g/mol. The van der Waals surface area contributed by atoms with Crippen molar-refractivity contribution in [1.82, 2.24) is 0 Å². The Hall–Kier alpha value is -7.16. The SMILES string of the molecule is CC1C=CC2(C)C3=C1C(C)C1=C(c4ccccc4C14c1ccccc1-c1c4cc(N(c4ccccc4)c4ccccc4)c4ccccc14)C3(C)N(c1ccccc1)c1ccccc12. The summed E-state index contributed by atoms with van der Waals surface area (Å²) in [4.78, 5) is 5.21. The lowest BCUT2D eigenvalue weighted by molar-refractivity contribution is 0.453. The number of fused-ring (bicyclic) bond motifs is 14. The van der Waals surface area contributed by atoms with Gasteiger partial charge in [-0.15, -0.1) is 0 Å². The van der Waals surface area contributed by atoms with Crippen LogP contribution in [-0.2, 0) is 10.8 Å². The average Bonchev–Trinajstić information content (AvgIpc) is 3.81. The van der Waals surface area contributed by atoms with Crippen LogP contribution in [0.1, 0.15) is 55.5 Å². The van der Waals surface area contributed by atoms with E-state index in [1.807, 2.05) is 0 Å². The van der Waals surface area contributed by atoms with Crippen LogP contribution in [0.5, 0.6) is 0 Å². The number of nitrogens with zero attached hydrogens (tertiary/aromatic N) is 2. The van der Waals surface area contributed by atoms with Gasteiger partial charge in [0.2, 0.25) is 0 Å². The predicted octanol–water partition coefficient (Wildman–Crippen LogP) is 15.4. The molecule has 0 saturated carbocycles. The summed E-state index contributed by atoms with van der Waals surface area (Å²) in [5.74, 6) is 0.404. The molecule has 63 heavy (non-hydrogen) atoms. The molecule has 0 fully saturated rings. The van der Waals surface area contributed by atoms with Crippen LogP contribution in [0, 0.1) is 11.8 Å².